The number of aromatic nitrogens is 1. The summed E-state index contributed by atoms with van der Waals surface area (Å²) in [6.45, 7) is 5.48. The van der Waals surface area contributed by atoms with Gasteiger partial charge < -0.3 is 10.6 Å². The summed E-state index contributed by atoms with van der Waals surface area (Å²) in [7, 11) is 0. The normalized spacial score (nSPS) is 26.3. The van der Waals surface area contributed by atoms with Crippen LogP contribution in [0.3, 0.4) is 0 Å². The minimum absolute atomic E-state index is 0.542. The van der Waals surface area contributed by atoms with Gasteiger partial charge in [-0.15, -0.1) is 0 Å². The highest BCUT2D eigenvalue weighted by molar-refractivity contribution is 5.49. The molecule has 2 rings (SSSR count). The zero-order valence-corrected chi connectivity index (χ0v) is 9.46. The van der Waals surface area contributed by atoms with Gasteiger partial charge in [0.2, 0.25) is 0 Å². The van der Waals surface area contributed by atoms with Crippen LogP contribution < -0.4 is 10.6 Å². The third-order valence-electron chi connectivity index (χ3n) is 3.12. The van der Waals surface area contributed by atoms with Crippen LogP contribution in [0.5, 0.6) is 0 Å². The molecule has 1 saturated heterocycles. The Morgan fingerprint density at radius 2 is 2.40 bits per heavy atom. The fourth-order valence-corrected chi connectivity index (χ4v) is 2.08. The molecule has 0 aliphatic carbocycles. The van der Waals surface area contributed by atoms with Crippen molar-refractivity contribution in [3.05, 3.63) is 24.0 Å². The van der Waals surface area contributed by atoms with E-state index in [-0.39, 0.29) is 0 Å². The second-order valence-corrected chi connectivity index (χ2v) is 4.33. The molecule has 0 bridgehead atoms. The molecule has 1 aromatic rings. The number of hydrogen-bond acceptors (Lipinski definition) is 3. The van der Waals surface area contributed by atoms with Crippen LogP contribution in [0, 0.1) is 6.92 Å². The zero-order valence-electron chi connectivity index (χ0n) is 9.46. The van der Waals surface area contributed by atoms with Crippen molar-refractivity contribution >= 4 is 5.69 Å². The predicted octanol–water partition coefficient (Wildman–Crippen LogP) is 1.94. The lowest BCUT2D eigenvalue weighted by atomic mass is 9.99. The summed E-state index contributed by atoms with van der Waals surface area (Å²) in [6, 6.07) is 3.14. The number of pyridine rings is 1. The van der Waals surface area contributed by atoms with Gasteiger partial charge in [-0.25, -0.2) is 0 Å². The van der Waals surface area contributed by atoms with E-state index < -0.39 is 0 Å². The summed E-state index contributed by atoms with van der Waals surface area (Å²) >= 11 is 0. The second-order valence-electron chi connectivity index (χ2n) is 4.33. The Morgan fingerprint density at radius 1 is 1.53 bits per heavy atom. The Balaban J connectivity index is 2.04. The molecule has 0 saturated carbocycles. The van der Waals surface area contributed by atoms with Crippen LogP contribution >= 0.6 is 0 Å². The molecular weight excluding hydrogens is 186 g/mol. The molecule has 0 aromatic carbocycles. The molecule has 0 spiro atoms. The van der Waals surface area contributed by atoms with Gasteiger partial charge >= 0.3 is 0 Å². The molecule has 0 amide bonds. The molecule has 2 atom stereocenters. The van der Waals surface area contributed by atoms with Crippen molar-refractivity contribution < 1.29 is 0 Å². The topological polar surface area (TPSA) is 37.0 Å². The van der Waals surface area contributed by atoms with Gasteiger partial charge in [0.1, 0.15) is 0 Å². The molecule has 1 fully saturated rings. The zero-order chi connectivity index (χ0) is 10.7. The van der Waals surface area contributed by atoms with E-state index in [2.05, 4.69) is 35.5 Å². The van der Waals surface area contributed by atoms with E-state index in [0.717, 1.165) is 6.54 Å². The Hall–Kier alpha value is -1.09. The van der Waals surface area contributed by atoms with Crippen molar-refractivity contribution in [2.24, 2.45) is 0 Å². The fraction of sp³-hybridized carbons (Fsp3) is 0.583. The third-order valence-corrected chi connectivity index (χ3v) is 3.12. The average Bonchev–Trinajstić information content (AvgIpc) is 2.24. The summed E-state index contributed by atoms with van der Waals surface area (Å²) in [5, 5.41) is 7.09. The van der Waals surface area contributed by atoms with Gasteiger partial charge in [-0.3, -0.25) is 4.98 Å². The number of rotatable bonds is 2. The van der Waals surface area contributed by atoms with Crippen LogP contribution in [0.2, 0.25) is 0 Å². The average molecular weight is 205 g/mol. The van der Waals surface area contributed by atoms with Crippen molar-refractivity contribution in [3.63, 3.8) is 0 Å². The maximum atomic E-state index is 4.10. The summed E-state index contributed by atoms with van der Waals surface area (Å²) in [5.74, 6) is 0. The Bertz CT molecular complexity index is 324. The second kappa shape index (κ2) is 4.62. The van der Waals surface area contributed by atoms with Crippen LogP contribution in [0.15, 0.2) is 18.5 Å². The van der Waals surface area contributed by atoms with Crippen molar-refractivity contribution in [1.29, 1.82) is 0 Å². The van der Waals surface area contributed by atoms with E-state index in [9.17, 15) is 0 Å². The number of hydrogen-bond donors (Lipinski definition) is 2. The predicted molar refractivity (Wildman–Crippen MR) is 63.1 cm³/mol. The third kappa shape index (κ3) is 2.48. The van der Waals surface area contributed by atoms with Crippen LogP contribution in [0.4, 0.5) is 5.69 Å². The van der Waals surface area contributed by atoms with Crippen molar-refractivity contribution in [1.82, 2.24) is 10.3 Å². The van der Waals surface area contributed by atoms with E-state index in [4.69, 9.17) is 0 Å². The maximum absolute atomic E-state index is 4.10. The largest absolute Gasteiger partial charge is 0.380 e. The SMILES string of the molecule is Cc1cnccc1NC1CCCNC1C. The maximum Gasteiger partial charge on any atom is 0.0412 e. The van der Waals surface area contributed by atoms with Crippen LogP contribution in [0.1, 0.15) is 25.3 Å². The van der Waals surface area contributed by atoms with E-state index in [1.807, 2.05) is 12.4 Å². The summed E-state index contributed by atoms with van der Waals surface area (Å²) in [4.78, 5) is 4.10. The molecule has 2 heterocycles. The van der Waals surface area contributed by atoms with E-state index in [1.54, 1.807) is 0 Å². The number of anilines is 1. The first-order chi connectivity index (χ1) is 7.27. The molecule has 2 unspecified atom stereocenters. The van der Waals surface area contributed by atoms with Gasteiger partial charge in [-0.2, -0.15) is 0 Å². The Labute approximate surface area is 91.3 Å². The van der Waals surface area contributed by atoms with E-state index in [0.29, 0.717) is 12.1 Å². The van der Waals surface area contributed by atoms with Gasteiger partial charge in [0.25, 0.3) is 0 Å². The molecule has 1 aliphatic heterocycles. The van der Waals surface area contributed by atoms with E-state index in [1.165, 1.54) is 24.1 Å². The lowest BCUT2D eigenvalue weighted by Crippen LogP contribution is -2.46. The first kappa shape index (κ1) is 10.4. The van der Waals surface area contributed by atoms with E-state index >= 15 is 0 Å². The summed E-state index contributed by atoms with van der Waals surface area (Å²) < 4.78 is 0. The molecule has 1 aliphatic rings. The van der Waals surface area contributed by atoms with Gasteiger partial charge in [0, 0.05) is 30.2 Å². The number of piperidine rings is 1. The number of nitrogens with zero attached hydrogens (tertiary/aromatic N) is 1. The van der Waals surface area contributed by atoms with Crippen molar-refractivity contribution in [2.75, 3.05) is 11.9 Å². The molecule has 1 aromatic heterocycles. The molecule has 3 heteroatoms. The molecule has 82 valence electrons. The quantitative estimate of drug-likeness (QED) is 0.774. The molecule has 0 radical (unpaired) electrons. The molecule has 15 heavy (non-hydrogen) atoms. The standard InChI is InChI=1S/C12H19N3/c1-9-8-13-7-5-11(9)15-12-4-3-6-14-10(12)2/h5,7-8,10,12,14H,3-4,6H2,1-2H3,(H,13,15). The smallest absolute Gasteiger partial charge is 0.0412 e. The van der Waals surface area contributed by atoms with Gasteiger partial charge in [-0.1, -0.05) is 0 Å². The van der Waals surface area contributed by atoms with Crippen molar-refractivity contribution in [3.8, 4) is 0 Å². The highest BCUT2D eigenvalue weighted by atomic mass is 15.0. The Kier molecular flexibility index (Phi) is 3.21. The van der Waals surface area contributed by atoms with Gasteiger partial charge in [0.05, 0.1) is 0 Å². The van der Waals surface area contributed by atoms with Crippen molar-refractivity contribution in [2.45, 2.75) is 38.8 Å². The lowest BCUT2D eigenvalue weighted by Gasteiger charge is -2.31. The lowest BCUT2D eigenvalue weighted by molar-refractivity contribution is 0.389. The first-order valence-electron chi connectivity index (χ1n) is 5.68. The van der Waals surface area contributed by atoms with Gasteiger partial charge in [-0.05, 0) is 44.9 Å². The molecule has 3 nitrogen and oxygen atoms in total. The van der Waals surface area contributed by atoms with Crippen LogP contribution in [-0.4, -0.2) is 23.6 Å². The van der Waals surface area contributed by atoms with Crippen LogP contribution in [-0.2, 0) is 0 Å². The highest BCUT2D eigenvalue weighted by Gasteiger charge is 2.20. The van der Waals surface area contributed by atoms with Gasteiger partial charge in [0.15, 0.2) is 0 Å². The number of aryl methyl sites for hydroxylation is 1. The Morgan fingerprint density at radius 3 is 3.13 bits per heavy atom. The summed E-state index contributed by atoms with van der Waals surface area (Å²) in [5.41, 5.74) is 2.43. The molecule has 2 N–H and O–H groups in total. The number of nitrogens with one attached hydrogen (secondary N) is 2. The van der Waals surface area contributed by atoms with Crippen LogP contribution in [0.25, 0.3) is 0 Å². The summed E-state index contributed by atoms with van der Waals surface area (Å²) in [6.07, 6.45) is 6.25. The monoisotopic (exact) mass is 205 g/mol. The highest BCUT2D eigenvalue weighted by Crippen LogP contribution is 2.18. The molecular formula is C12H19N3. The fourth-order valence-electron chi connectivity index (χ4n) is 2.08. The minimum Gasteiger partial charge on any atom is -0.380 e. The first-order valence-corrected chi connectivity index (χ1v) is 5.68. The minimum atomic E-state index is 0.542.